The Morgan fingerprint density at radius 3 is 2.55 bits per heavy atom. The average molecular weight is 537 g/mol. The summed E-state index contributed by atoms with van der Waals surface area (Å²) in [4.78, 5) is 32.7. The quantitative estimate of drug-likeness (QED) is 0.0586. The number of hydrogen-bond acceptors (Lipinski definition) is 7. The summed E-state index contributed by atoms with van der Waals surface area (Å²) in [7, 11) is 2.54. The fourth-order valence-electron chi connectivity index (χ4n) is 5.16. The van der Waals surface area contributed by atoms with E-state index < -0.39 is 23.6 Å². The van der Waals surface area contributed by atoms with E-state index in [-0.39, 0.29) is 11.9 Å². The molecule has 1 saturated carbocycles. The molecule has 1 radical (unpaired) electrons. The highest BCUT2D eigenvalue weighted by atomic mass is 32.2. The molecule has 0 saturated heterocycles. The van der Waals surface area contributed by atoms with E-state index in [1.165, 1.54) is 0 Å². The molecule has 2 amide bonds. The van der Waals surface area contributed by atoms with Crippen molar-refractivity contribution in [1.29, 1.82) is 0 Å². The molecule has 1 aliphatic heterocycles. The normalized spacial score (nSPS) is 18.4. The van der Waals surface area contributed by atoms with Gasteiger partial charge < -0.3 is 36.1 Å². The Bertz CT molecular complexity index is 1170. The van der Waals surface area contributed by atoms with Crippen LogP contribution in [0.3, 0.4) is 0 Å². The molecule has 2 atom stereocenters. The first kappa shape index (κ1) is 27.8. The number of rotatable bonds is 10. The third kappa shape index (κ3) is 6.08. The summed E-state index contributed by atoms with van der Waals surface area (Å²) in [5.41, 5.74) is 12.4. The molecule has 1 unspecified atom stereocenters. The maximum Gasteiger partial charge on any atom is 0.486 e. The Hall–Kier alpha value is -3.22. The molecule has 2 aromatic carbocycles. The van der Waals surface area contributed by atoms with E-state index in [9.17, 15) is 14.6 Å². The van der Waals surface area contributed by atoms with E-state index in [2.05, 4.69) is 19.9 Å². The zero-order valence-corrected chi connectivity index (χ0v) is 22.2. The lowest BCUT2D eigenvalue weighted by Crippen LogP contribution is -2.53. The van der Waals surface area contributed by atoms with Crippen LogP contribution in [0.5, 0.6) is 0 Å². The van der Waals surface area contributed by atoms with E-state index in [0.717, 1.165) is 34.6 Å². The third-order valence-electron chi connectivity index (χ3n) is 7.09. The first-order valence-corrected chi connectivity index (χ1v) is 13.5. The SMILES string of the molecule is CN1Sc2ccccc2C(NC(=O)C2(C(=O)N[C@@H](CCCN=C(N)N)O[B]O)CCCC2)c2ccccc21. The average Bonchev–Trinajstić information content (AvgIpc) is 3.38. The Balaban J connectivity index is 1.58. The van der Waals surface area contributed by atoms with Gasteiger partial charge in [-0.3, -0.25) is 14.6 Å². The summed E-state index contributed by atoms with van der Waals surface area (Å²) in [6.45, 7) is 0.349. The molecule has 0 bridgehead atoms. The van der Waals surface area contributed by atoms with Crippen LogP contribution < -0.4 is 26.4 Å². The van der Waals surface area contributed by atoms with Crippen LogP contribution >= 0.6 is 11.9 Å². The van der Waals surface area contributed by atoms with Gasteiger partial charge in [-0.25, -0.2) is 0 Å². The zero-order valence-electron chi connectivity index (χ0n) is 21.4. The van der Waals surface area contributed by atoms with Gasteiger partial charge in [-0.05, 0) is 55.3 Å². The van der Waals surface area contributed by atoms with Gasteiger partial charge in [-0.15, -0.1) is 0 Å². The molecule has 0 aromatic heterocycles. The van der Waals surface area contributed by atoms with E-state index in [4.69, 9.17) is 16.1 Å². The van der Waals surface area contributed by atoms with Crippen LogP contribution in [0, 0.1) is 5.41 Å². The van der Waals surface area contributed by atoms with Crippen molar-refractivity contribution in [2.75, 3.05) is 17.9 Å². The minimum absolute atomic E-state index is 0.0203. The van der Waals surface area contributed by atoms with Crippen molar-refractivity contribution in [3.63, 3.8) is 0 Å². The lowest BCUT2D eigenvalue weighted by molar-refractivity contribution is -0.145. The number of amides is 2. The van der Waals surface area contributed by atoms with Gasteiger partial charge in [0.05, 0.1) is 11.7 Å². The zero-order chi connectivity index (χ0) is 27.1. The van der Waals surface area contributed by atoms with E-state index >= 15 is 0 Å². The number of benzene rings is 2. The summed E-state index contributed by atoms with van der Waals surface area (Å²) >= 11 is 1.60. The molecule has 4 rings (SSSR count). The number of nitrogens with one attached hydrogen (secondary N) is 2. The van der Waals surface area contributed by atoms with Crippen LogP contribution in [0.15, 0.2) is 58.4 Å². The Morgan fingerprint density at radius 1 is 1.16 bits per heavy atom. The predicted molar refractivity (Wildman–Crippen MR) is 149 cm³/mol. The number of hydrogen-bond donors (Lipinski definition) is 5. The second-order valence-corrected chi connectivity index (χ2v) is 10.7. The number of guanidine groups is 1. The minimum atomic E-state index is -1.24. The van der Waals surface area contributed by atoms with Gasteiger partial charge >= 0.3 is 7.69 Å². The highest BCUT2D eigenvalue weighted by molar-refractivity contribution is 8.00. The molecule has 7 N–H and O–H groups in total. The van der Waals surface area contributed by atoms with Crippen LogP contribution in [0.1, 0.15) is 55.7 Å². The van der Waals surface area contributed by atoms with E-state index in [0.29, 0.717) is 39.9 Å². The summed E-state index contributed by atoms with van der Waals surface area (Å²) in [6.07, 6.45) is 2.42. The molecular weight excluding hydrogens is 503 g/mol. The minimum Gasteiger partial charge on any atom is -0.429 e. The third-order valence-corrected chi connectivity index (χ3v) is 8.13. The van der Waals surface area contributed by atoms with Crippen molar-refractivity contribution in [2.45, 2.75) is 55.7 Å². The summed E-state index contributed by atoms with van der Waals surface area (Å²) in [5.74, 6) is -0.750. The molecule has 2 aromatic rings. The monoisotopic (exact) mass is 537 g/mol. The van der Waals surface area contributed by atoms with Crippen LogP contribution in [-0.4, -0.2) is 50.3 Å². The second-order valence-electron chi connectivity index (χ2n) is 9.53. The maximum absolute atomic E-state index is 14.0. The van der Waals surface area contributed by atoms with Gasteiger partial charge in [0.1, 0.15) is 11.6 Å². The van der Waals surface area contributed by atoms with Gasteiger partial charge in [-0.2, -0.15) is 0 Å². The van der Waals surface area contributed by atoms with Crippen LogP contribution in [0.25, 0.3) is 0 Å². The van der Waals surface area contributed by atoms with E-state index in [1.807, 2.05) is 55.6 Å². The largest absolute Gasteiger partial charge is 0.486 e. The molecule has 0 spiro atoms. The van der Waals surface area contributed by atoms with Crippen LogP contribution in [0.2, 0.25) is 0 Å². The molecule has 1 fully saturated rings. The Kier molecular flexibility index (Phi) is 9.19. The van der Waals surface area contributed by atoms with Gasteiger partial charge in [0.2, 0.25) is 11.8 Å². The second kappa shape index (κ2) is 12.6. The fraction of sp³-hybridized carbons (Fsp3) is 0.423. The topological polar surface area (TPSA) is 155 Å². The summed E-state index contributed by atoms with van der Waals surface area (Å²) < 4.78 is 7.31. The lowest BCUT2D eigenvalue weighted by atomic mass is 9.83. The molecule has 38 heavy (non-hydrogen) atoms. The summed E-state index contributed by atoms with van der Waals surface area (Å²) in [6, 6.07) is 15.5. The summed E-state index contributed by atoms with van der Waals surface area (Å²) in [5, 5.41) is 15.3. The first-order valence-electron chi connectivity index (χ1n) is 12.7. The van der Waals surface area contributed by atoms with Crippen molar-refractivity contribution in [3.05, 3.63) is 59.7 Å². The molecular formula is C26H34BN6O4S. The van der Waals surface area contributed by atoms with Crippen molar-refractivity contribution < 1.29 is 19.3 Å². The highest BCUT2D eigenvalue weighted by Gasteiger charge is 2.49. The van der Waals surface area contributed by atoms with Gasteiger partial charge in [0, 0.05) is 24.1 Å². The number of carbonyl (C=O) groups excluding carboxylic acids is 2. The van der Waals surface area contributed by atoms with Gasteiger partial charge in [-0.1, -0.05) is 49.2 Å². The number of anilines is 1. The number of fused-ring (bicyclic) bond motifs is 2. The smallest absolute Gasteiger partial charge is 0.429 e. The number of para-hydroxylation sites is 1. The fourth-order valence-corrected chi connectivity index (χ4v) is 6.15. The van der Waals surface area contributed by atoms with Gasteiger partial charge in [0.25, 0.3) is 0 Å². The highest BCUT2D eigenvalue weighted by Crippen LogP contribution is 2.44. The van der Waals surface area contributed by atoms with Crippen molar-refractivity contribution in [1.82, 2.24) is 10.6 Å². The molecule has 10 nitrogen and oxygen atoms in total. The van der Waals surface area contributed by atoms with E-state index in [1.54, 1.807) is 11.9 Å². The molecule has 1 heterocycles. The van der Waals surface area contributed by atoms with Crippen molar-refractivity contribution in [2.24, 2.45) is 21.9 Å². The van der Waals surface area contributed by atoms with Gasteiger partial charge in [0.15, 0.2) is 5.96 Å². The van der Waals surface area contributed by atoms with Crippen LogP contribution in [0.4, 0.5) is 5.69 Å². The van der Waals surface area contributed by atoms with Crippen molar-refractivity contribution in [3.8, 4) is 0 Å². The van der Waals surface area contributed by atoms with Crippen molar-refractivity contribution >= 4 is 43.1 Å². The predicted octanol–water partition coefficient (Wildman–Crippen LogP) is 1.95. The Morgan fingerprint density at radius 2 is 1.84 bits per heavy atom. The molecule has 1 aliphatic carbocycles. The number of aliphatic imine (C=N–C) groups is 1. The number of nitrogens with two attached hydrogens (primary N) is 2. The first-order chi connectivity index (χ1) is 18.4. The Labute approximate surface area is 228 Å². The van der Waals surface area contributed by atoms with Crippen LogP contribution in [-0.2, 0) is 14.2 Å². The lowest BCUT2D eigenvalue weighted by Gasteiger charge is -2.31. The maximum atomic E-state index is 14.0. The molecule has 201 valence electrons. The number of carbonyl (C=O) groups is 2. The number of nitrogens with zero attached hydrogens (tertiary/aromatic N) is 2. The molecule has 2 aliphatic rings. The molecule has 12 heteroatoms. The standard InChI is InChI=1S/C26H34BN6O4S/c1-33-19-11-4-2-9-17(19)22(18-10-3-5-12-20(18)38-33)32-24(35)26(14-6-7-15-26)23(34)31-21(37-27-36)13-8-16-30-25(28)29/h2-5,9-12,21-22,36H,6-8,13-16H2,1H3,(H,31,34)(H,32,35)(H4,28,29,30)/t21-,22?/m1/s1.